The third-order valence-electron chi connectivity index (χ3n) is 3.17. The second-order valence-electron chi connectivity index (χ2n) is 4.82. The van der Waals surface area contributed by atoms with E-state index in [2.05, 4.69) is 4.98 Å². The van der Waals surface area contributed by atoms with Gasteiger partial charge in [-0.2, -0.15) is 0 Å². The molecule has 0 aliphatic heterocycles. The summed E-state index contributed by atoms with van der Waals surface area (Å²) in [5, 5.41) is 9.47. The van der Waals surface area contributed by atoms with Gasteiger partial charge in [-0.25, -0.2) is 4.98 Å². The molecule has 5 nitrogen and oxygen atoms in total. The Balaban J connectivity index is 1.82. The Morgan fingerprint density at radius 3 is 3.00 bits per heavy atom. The minimum Gasteiger partial charge on any atom is -0.481 e. The van der Waals surface area contributed by atoms with Gasteiger partial charge in [-0.1, -0.05) is 24.6 Å². The van der Waals surface area contributed by atoms with Crippen LogP contribution in [0.4, 0.5) is 0 Å². The van der Waals surface area contributed by atoms with Crippen molar-refractivity contribution in [3.05, 3.63) is 11.9 Å². The second kappa shape index (κ2) is 6.96. The van der Waals surface area contributed by atoms with Crippen LogP contribution in [0.15, 0.2) is 11.4 Å². The maximum atomic E-state index is 10.6. The predicted molar refractivity (Wildman–Crippen MR) is 73.5 cm³/mol. The van der Waals surface area contributed by atoms with Crippen molar-refractivity contribution < 1.29 is 14.6 Å². The van der Waals surface area contributed by atoms with Crippen LogP contribution < -0.4 is 0 Å². The summed E-state index contributed by atoms with van der Waals surface area (Å²) < 4.78 is 7.81. The van der Waals surface area contributed by atoms with Crippen LogP contribution in [-0.4, -0.2) is 39.1 Å². The SMILES string of the molecule is Cc1cn(CCOC2CCCC2)c(SCC(=O)O)n1. The number of aromatic nitrogens is 2. The van der Waals surface area contributed by atoms with Gasteiger partial charge in [0.1, 0.15) is 0 Å². The first-order chi connectivity index (χ1) is 9.15. The van der Waals surface area contributed by atoms with Gasteiger partial charge in [0.2, 0.25) is 0 Å². The molecule has 6 heteroatoms. The van der Waals surface area contributed by atoms with Crippen LogP contribution in [0.25, 0.3) is 0 Å². The van der Waals surface area contributed by atoms with E-state index in [0.717, 1.165) is 17.4 Å². The third-order valence-corrected chi connectivity index (χ3v) is 4.15. The van der Waals surface area contributed by atoms with Crippen LogP contribution in [0.3, 0.4) is 0 Å². The molecule has 19 heavy (non-hydrogen) atoms. The van der Waals surface area contributed by atoms with Crippen molar-refractivity contribution in [1.82, 2.24) is 9.55 Å². The van der Waals surface area contributed by atoms with Crippen molar-refractivity contribution >= 4 is 17.7 Å². The lowest BCUT2D eigenvalue weighted by molar-refractivity contribution is -0.133. The molecule has 1 aromatic rings. The highest BCUT2D eigenvalue weighted by Crippen LogP contribution is 2.21. The molecule has 0 bridgehead atoms. The smallest absolute Gasteiger partial charge is 0.313 e. The fourth-order valence-electron chi connectivity index (χ4n) is 2.30. The highest BCUT2D eigenvalue weighted by Gasteiger charge is 2.15. The number of thioether (sulfide) groups is 1. The lowest BCUT2D eigenvalue weighted by Gasteiger charge is -2.12. The third kappa shape index (κ3) is 4.54. The van der Waals surface area contributed by atoms with E-state index in [1.165, 1.54) is 37.4 Å². The van der Waals surface area contributed by atoms with Gasteiger partial charge in [-0.05, 0) is 19.8 Å². The van der Waals surface area contributed by atoms with Crippen LogP contribution in [0.2, 0.25) is 0 Å². The summed E-state index contributed by atoms with van der Waals surface area (Å²) in [4.78, 5) is 14.9. The monoisotopic (exact) mass is 284 g/mol. The number of ether oxygens (including phenoxy) is 1. The molecule has 0 amide bonds. The van der Waals surface area contributed by atoms with Crippen LogP contribution in [0.5, 0.6) is 0 Å². The zero-order valence-corrected chi connectivity index (χ0v) is 12.0. The number of carboxylic acid groups (broad SMARTS) is 1. The van der Waals surface area contributed by atoms with Crippen LogP contribution in [-0.2, 0) is 16.1 Å². The van der Waals surface area contributed by atoms with Gasteiger partial charge in [0.25, 0.3) is 0 Å². The number of aliphatic carboxylic acids is 1. The van der Waals surface area contributed by atoms with Crippen molar-refractivity contribution in [2.45, 2.75) is 50.4 Å². The van der Waals surface area contributed by atoms with E-state index in [0.29, 0.717) is 12.7 Å². The number of nitrogens with zero attached hydrogens (tertiary/aromatic N) is 2. The zero-order chi connectivity index (χ0) is 13.7. The fourth-order valence-corrected chi connectivity index (χ4v) is 3.07. The first-order valence-electron chi connectivity index (χ1n) is 6.65. The highest BCUT2D eigenvalue weighted by atomic mass is 32.2. The molecule has 1 aliphatic rings. The number of carbonyl (C=O) groups is 1. The number of imidazole rings is 1. The van der Waals surface area contributed by atoms with E-state index in [9.17, 15) is 4.79 Å². The minimum absolute atomic E-state index is 0.0416. The first kappa shape index (κ1) is 14.4. The van der Waals surface area contributed by atoms with Crippen molar-refractivity contribution in [3.8, 4) is 0 Å². The molecule has 106 valence electrons. The van der Waals surface area contributed by atoms with Gasteiger partial charge in [-0.3, -0.25) is 4.79 Å². The van der Waals surface area contributed by atoms with E-state index in [-0.39, 0.29) is 5.75 Å². The molecule has 1 fully saturated rings. The summed E-state index contributed by atoms with van der Waals surface area (Å²) in [5.74, 6) is -0.778. The average molecular weight is 284 g/mol. The van der Waals surface area contributed by atoms with Gasteiger partial charge in [0.05, 0.1) is 24.2 Å². The lowest BCUT2D eigenvalue weighted by Crippen LogP contribution is -2.13. The average Bonchev–Trinajstić information content (AvgIpc) is 2.97. The largest absolute Gasteiger partial charge is 0.481 e. The number of carboxylic acids is 1. The molecule has 1 saturated carbocycles. The Bertz CT molecular complexity index is 428. The van der Waals surface area contributed by atoms with Crippen LogP contribution in [0, 0.1) is 6.92 Å². The topological polar surface area (TPSA) is 64.3 Å². The molecule has 1 heterocycles. The zero-order valence-electron chi connectivity index (χ0n) is 11.2. The Hall–Kier alpha value is -1.01. The van der Waals surface area contributed by atoms with Crippen molar-refractivity contribution in [1.29, 1.82) is 0 Å². The van der Waals surface area contributed by atoms with Crippen LogP contribution in [0.1, 0.15) is 31.4 Å². The summed E-state index contributed by atoms with van der Waals surface area (Å²) in [7, 11) is 0. The van der Waals surface area contributed by atoms with Crippen molar-refractivity contribution in [2.24, 2.45) is 0 Å². The van der Waals surface area contributed by atoms with Gasteiger partial charge in [0, 0.05) is 12.7 Å². The summed E-state index contributed by atoms with van der Waals surface area (Å²) in [6, 6.07) is 0. The molecule has 0 spiro atoms. The fraction of sp³-hybridized carbons (Fsp3) is 0.692. The maximum Gasteiger partial charge on any atom is 0.313 e. The molecular weight excluding hydrogens is 264 g/mol. The van der Waals surface area contributed by atoms with Crippen LogP contribution >= 0.6 is 11.8 Å². The van der Waals surface area contributed by atoms with Gasteiger partial charge in [-0.15, -0.1) is 0 Å². The summed E-state index contributed by atoms with van der Waals surface area (Å²) in [6.45, 7) is 3.32. The molecule has 0 atom stereocenters. The van der Waals surface area contributed by atoms with Gasteiger partial charge < -0.3 is 14.4 Å². The number of rotatable bonds is 7. The summed E-state index contributed by atoms with van der Waals surface area (Å²) >= 11 is 1.26. The molecular formula is C13H20N2O3S. The Morgan fingerprint density at radius 2 is 2.32 bits per heavy atom. The standard InChI is InChI=1S/C13H20N2O3S/c1-10-8-15(13(14-10)19-9-12(16)17)6-7-18-11-4-2-3-5-11/h8,11H,2-7,9H2,1H3,(H,16,17). The molecule has 0 saturated heterocycles. The summed E-state index contributed by atoms with van der Waals surface area (Å²) in [6.07, 6.45) is 7.25. The number of aryl methyl sites for hydroxylation is 1. The summed E-state index contributed by atoms with van der Waals surface area (Å²) in [5.41, 5.74) is 0.911. The van der Waals surface area contributed by atoms with E-state index in [1.807, 2.05) is 17.7 Å². The Kier molecular flexibility index (Phi) is 5.27. The second-order valence-corrected chi connectivity index (χ2v) is 5.76. The predicted octanol–water partition coefficient (Wildman–Crippen LogP) is 2.33. The molecule has 1 aromatic heterocycles. The van der Waals surface area contributed by atoms with E-state index < -0.39 is 5.97 Å². The molecule has 0 unspecified atom stereocenters. The van der Waals surface area contributed by atoms with Crippen molar-refractivity contribution in [3.63, 3.8) is 0 Å². The van der Waals surface area contributed by atoms with E-state index in [4.69, 9.17) is 9.84 Å². The first-order valence-corrected chi connectivity index (χ1v) is 7.63. The Morgan fingerprint density at radius 1 is 1.58 bits per heavy atom. The molecule has 0 aromatic carbocycles. The number of hydrogen-bond acceptors (Lipinski definition) is 4. The van der Waals surface area contributed by atoms with Gasteiger partial charge in [0.15, 0.2) is 5.16 Å². The normalized spacial score (nSPS) is 16.1. The lowest BCUT2D eigenvalue weighted by atomic mass is 10.3. The maximum absolute atomic E-state index is 10.6. The van der Waals surface area contributed by atoms with E-state index >= 15 is 0 Å². The highest BCUT2D eigenvalue weighted by molar-refractivity contribution is 7.99. The van der Waals surface area contributed by atoms with E-state index in [1.54, 1.807) is 0 Å². The molecule has 0 radical (unpaired) electrons. The molecule has 2 rings (SSSR count). The Labute approximate surface area is 117 Å². The minimum atomic E-state index is -0.820. The van der Waals surface area contributed by atoms with Crippen molar-refractivity contribution in [2.75, 3.05) is 12.4 Å². The molecule has 1 N–H and O–H groups in total. The molecule has 1 aliphatic carbocycles. The van der Waals surface area contributed by atoms with Gasteiger partial charge >= 0.3 is 5.97 Å². The quantitative estimate of drug-likeness (QED) is 0.778. The number of hydrogen-bond donors (Lipinski definition) is 1.